The summed E-state index contributed by atoms with van der Waals surface area (Å²) >= 11 is 0. The van der Waals surface area contributed by atoms with Gasteiger partial charge in [-0.2, -0.15) is 0 Å². The highest BCUT2D eigenvalue weighted by Gasteiger charge is 2.34. The Morgan fingerprint density at radius 3 is 2.78 bits per heavy atom. The fraction of sp³-hybridized carbons (Fsp3) is 0.444. The number of rotatable bonds is 2. The van der Waals surface area contributed by atoms with Crippen LogP contribution in [-0.2, 0) is 20.1 Å². The minimum atomic E-state index is 0.0385. The second-order valence-electron chi connectivity index (χ2n) is 6.88. The zero-order valence-electron chi connectivity index (χ0n) is 13.3. The molecule has 0 aromatic carbocycles. The van der Waals surface area contributed by atoms with Crippen molar-refractivity contribution in [3.8, 4) is 0 Å². The Labute approximate surface area is 134 Å². The molecule has 23 heavy (non-hydrogen) atoms. The summed E-state index contributed by atoms with van der Waals surface area (Å²) in [5, 5.41) is 0. The monoisotopic (exact) mass is 311 g/mol. The molecular formula is C18H21N3O2. The van der Waals surface area contributed by atoms with Crippen LogP contribution in [0, 0.1) is 5.92 Å². The van der Waals surface area contributed by atoms with E-state index < -0.39 is 0 Å². The summed E-state index contributed by atoms with van der Waals surface area (Å²) in [5.41, 5.74) is 2.40. The molecule has 1 saturated heterocycles. The molecule has 4 heterocycles. The Bertz CT molecular complexity index is 852. The first kappa shape index (κ1) is 14.5. The van der Waals surface area contributed by atoms with Crippen molar-refractivity contribution in [3.05, 3.63) is 68.5 Å². The highest BCUT2D eigenvalue weighted by Crippen LogP contribution is 2.35. The molecule has 0 aliphatic carbocycles. The zero-order valence-corrected chi connectivity index (χ0v) is 13.3. The molecular weight excluding hydrogens is 290 g/mol. The van der Waals surface area contributed by atoms with Crippen LogP contribution < -0.4 is 11.1 Å². The molecule has 2 aliphatic rings. The summed E-state index contributed by atoms with van der Waals surface area (Å²) in [7, 11) is 1.77. The molecule has 2 aliphatic heterocycles. The SMILES string of the molecule is Cn1ccc(CN2CC3CC(C2)c2cccc(=O)n2C3)cc1=O. The van der Waals surface area contributed by atoms with Gasteiger partial charge in [-0.05, 0) is 30.0 Å². The molecule has 5 nitrogen and oxygen atoms in total. The molecule has 4 rings (SSSR count). The number of hydrogen-bond donors (Lipinski definition) is 0. The Balaban J connectivity index is 1.57. The lowest BCUT2D eigenvalue weighted by atomic mass is 9.83. The first-order chi connectivity index (χ1) is 11.1. The van der Waals surface area contributed by atoms with E-state index in [2.05, 4.69) is 11.0 Å². The first-order valence-corrected chi connectivity index (χ1v) is 8.18. The van der Waals surface area contributed by atoms with Crippen molar-refractivity contribution in [2.24, 2.45) is 13.0 Å². The summed E-state index contributed by atoms with van der Waals surface area (Å²) in [6, 6.07) is 9.35. The second kappa shape index (κ2) is 5.49. The van der Waals surface area contributed by atoms with Crippen LogP contribution in [0.2, 0.25) is 0 Å². The number of piperidine rings is 1. The number of nitrogens with zero attached hydrogens (tertiary/aromatic N) is 3. The third kappa shape index (κ3) is 2.65. The highest BCUT2D eigenvalue weighted by atomic mass is 16.1. The lowest BCUT2D eigenvalue weighted by molar-refractivity contribution is 0.114. The smallest absolute Gasteiger partial charge is 0.250 e. The predicted octanol–water partition coefficient (Wildman–Crippen LogP) is 1.17. The summed E-state index contributed by atoms with van der Waals surface area (Å²) in [5.74, 6) is 0.941. The first-order valence-electron chi connectivity index (χ1n) is 8.18. The number of pyridine rings is 2. The fourth-order valence-electron chi connectivity index (χ4n) is 4.07. The van der Waals surface area contributed by atoms with E-state index >= 15 is 0 Å². The minimum Gasteiger partial charge on any atom is -0.319 e. The quantitative estimate of drug-likeness (QED) is 0.836. The number of hydrogen-bond acceptors (Lipinski definition) is 3. The molecule has 2 aromatic rings. The van der Waals surface area contributed by atoms with Crippen LogP contribution >= 0.6 is 0 Å². The lowest BCUT2D eigenvalue weighted by Crippen LogP contribution is -2.46. The number of likely N-dealkylation sites (tertiary alicyclic amines) is 1. The normalized spacial score (nSPS) is 23.5. The van der Waals surface area contributed by atoms with Gasteiger partial charge in [-0.3, -0.25) is 14.5 Å². The maximum absolute atomic E-state index is 12.0. The molecule has 120 valence electrons. The summed E-state index contributed by atoms with van der Waals surface area (Å²) < 4.78 is 3.55. The van der Waals surface area contributed by atoms with E-state index in [1.165, 1.54) is 5.69 Å². The molecule has 2 bridgehead atoms. The molecule has 2 aromatic heterocycles. The van der Waals surface area contributed by atoms with Gasteiger partial charge < -0.3 is 9.13 Å². The molecule has 0 amide bonds. The number of aryl methyl sites for hydroxylation is 1. The van der Waals surface area contributed by atoms with E-state index in [9.17, 15) is 9.59 Å². The van der Waals surface area contributed by atoms with E-state index in [0.717, 1.165) is 38.2 Å². The van der Waals surface area contributed by atoms with E-state index in [-0.39, 0.29) is 11.1 Å². The van der Waals surface area contributed by atoms with Gasteiger partial charge >= 0.3 is 0 Å². The Morgan fingerprint density at radius 2 is 1.96 bits per heavy atom. The molecule has 0 radical (unpaired) electrons. The molecule has 2 atom stereocenters. The Morgan fingerprint density at radius 1 is 1.09 bits per heavy atom. The van der Waals surface area contributed by atoms with Gasteiger partial charge in [0.2, 0.25) is 0 Å². The Kier molecular flexibility index (Phi) is 3.45. The molecule has 5 heteroatoms. The maximum atomic E-state index is 12.0. The van der Waals surface area contributed by atoms with Crippen molar-refractivity contribution in [1.29, 1.82) is 0 Å². The minimum absolute atomic E-state index is 0.0385. The van der Waals surface area contributed by atoms with Crippen molar-refractivity contribution in [2.75, 3.05) is 13.1 Å². The van der Waals surface area contributed by atoms with Gasteiger partial charge in [0.05, 0.1) is 0 Å². The van der Waals surface area contributed by atoms with Gasteiger partial charge in [-0.15, -0.1) is 0 Å². The number of aromatic nitrogens is 2. The average molecular weight is 311 g/mol. The molecule has 0 N–H and O–H groups in total. The van der Waals surface area contributed by atoms with Crippen molar-refractivity contribution < 1.29 is 0 Å². The van der Waals surface area contributed by atoms with Gasteiger partial charge in [0.25, 0.3) is 11.1 Å². The maximum Gasteiger partial charge on any atom is 0.250 e. The molecule has 1 fully saturated rings. The van der Waals surface area contributed by atoms with E-state index in [4.69, 9.17) is 0 Å². The van der Waals surface area contributed by atoms with Crippen molar-refractivity contribution >= 4 is 0 Å². The van der Waals surface area contributed by atoms with Crippen molar-refractivity contribution in [1.82, 2.24) is 14.0 Å². The van der Waals surface area contributed by atoms with Crippen LogP contribution in [0.25, 0.3) is 0 Å². The van der Waals surface area contributed by atoms with Gasteiger partial charge in [0, 0.05) is 63.2 Å². The van der Waals surface area contributed by atoms with Crippen LogP contribution in [-0.4, -0.2) is 27.1 Å². The molecule has 0 saturated carbocycles. The third-order valence-electron chi connectivity index (χ3n) is 5.13. The van der Waals surface area contributed by atoms with Crippen LogP contribution in [0.1, 0.15) is 23.6 Å². The number of fused-ring (bicyclic) bond motifs is 4. The zero-order chi connectivity index (χ0) is 16.0. The summed E-state index contributed by atoms with van der Waals surface area (Å²) in [6.07, 6.45) is 2.99. The highest BCUT2D eigenvalue weighted by molar-refractivity contribution is 5.18. The van der Waals surface area contributed by atoms with Crippen molar-refractivity contribution in [2.45, 2.75) is 25.4 Å². The lowest BCUT2D eigenvalue weighted by Gasteiger charge is -2.42. The van der Waals surface area contributed by atoms with Gasteiger partial charge in [-0.25, -0.2) is 0 Å². The largest absolute Gasteiger partial charge is 0.319 e. The summed E-state index contributed by atoms with van der Waals surface area (Å²) in [6.45, 7) is 3.57. The van der Waals surface area contributed by atoms with Crippen LogP contribution in [0.5, 0.6) is 0 Å². The van der Waals surface area contributed by atoms with E-state index in [1.807, 2.05) is 22.9 Å². The molecule has 2 unspecified atom stereocenters. The summed E-state index contributed by atoms with van der Waals surface area (Å²) in [4.78, 5) is 26.3. The standard InChI is InChI=1S/C18H21N3O2/c1-19-6-5-13(8-18(19)23)9-20-10-14-7-15(12-20)16-3-2-4-17(22)21(16)11-14/h2-6,8,14-15H,7,9-12H2,1H3. The van der Waals surface area contributed by atoms with Gasteiger partial charge in [0.1, 0.15) is 0 Å². The van der Waals surface area contributed by atoms with Gasteiger partial charge in [0.15, 0.2) is 0 Å². The van der Waals surface area contributed by atoms with Crippen molar-refractivity contribution in [3.63, 3.8) is 0 Å². The molecule has 0 spiro atoms. The van der Waals surface area contributed by atoms with Gasteiger partial charge in [-0.1, -0.05) is 6.07 Å². The Hall–Kier alpha value is -2.14. The predicted molar refractivity (Wildman–Crippen MR) is 88.5 cm³/mol. The second-order valence-corrected chi connectivity index (χ2v) is 6.88. The van der Waals surface area contributed by atoms with E-state index in [1.54, 1.807) is 23.7 Å². The topological polar surface area (TPSA) is 47.2 Å². The van der Waals surface area contributed by atoms with E-state index in [0.29, 0.717) is 11.8 Å². The van der Waals surface area contributed by atoms with Crippen LogP contribution in [0.4, 0.5) is 0 Å². The average Bonchev–Trinajstić information content (AvgIpc) is 2.52. The van der Waals surface area contributed by atoms with Crippen LogP contribution in [0.3, 0.4) is 0 Å². The third-order valence-corrected chi connectivity index (χ3v) is 5.13. The fourth-order valence-corrected chi connectivity index (χ4v) is 4.07. The van der Waals surface area contributed by atoms with Crippen LogP contribution in [0.15, 0.2) is 46.1 Å².